The molecule has 3 heteroatoms. The molecule has 0 saturated carbocycles. The molecule has 3 nitrogen and oxygen atoms in total. The first-order chi connectivity index (χ1) is 15.3. The maximum Gasteiger partial charge on any atom is 0.118 e. The first kappa shape index (κ1) is 20.2. The number of anilines is 2. The Balaban J connectivity index is 1.49. The van der Waals surface area contributed by atoms with Gasteiger partial charge in [-0.1, -0.05) is 84.9 Å². The Hall–Kier alpha value is -4.11. The highest BCUT2D eigenvalue weighted by molar-refractivity contribution is 5.82. The maximum absolute atomic E-state index is 5.20. The number of benzene rings is 4. The fraction of sp³-hybridized carbons (Fsp3) is 0.0357. The highest BCUT2D eigenvalue weighted by Crippen LogP contribution is 2.25. The van der Waals surface area contributed by atoms with E-state index < -0.39 is 0 Å². The predicted octanol–water partition coefficient (Wildman–Crippen LogP) is 7.04. The molecule has 0 aliphatic rings. The van der Waals surface area contributed by atoms with Crippen LogP contribution in [0.5, 0.6) is 5.75 Å². The average molecular weight is 405 g/mol. The molecule has 0 aromatic heterocycles. The van der Waals surface area contributed by atoms with Crippen LogP contribution < -0.4 is 9.75 Å². The van der Waals surface area contributed by atoms with Crippen LogP contribution in [0, 0.1) is 0 Å². The summed E-state index contributed by atoms with van der Waals surface area (Å²) in [5, 5.41) is 6.69. The minimum absolute atomic E-state index is 0.862. The third-order valence-corrected chi connectivity index (χ3v) is 4.84. The van der Waals surface area contributed by atoms with E-state index >= 15 is 0 Å². The summed E-state index contributed by atoms with van der Waals surface area (Å²) in [5.41, 5.74) is 5.34. The second kappa shape index (κ2) is 10.1. The molecule has 0 heterocycles. The molecule has 0 N–H and O–H groups in total. The van der Waals surface area contributed by atoms with Gasteiger partial charge in [-0.05, 0) is 53.1 Å². The van der Waals surface area contributed by atoms with Crippen molar-refractivity contribution in [2.24, 2.45) is 5.10 Å². The Kier molecular flexibility index (Phi) is 6.56. The van der Waals surface area contributed by atoms with Gasteiger partial charge in [0.1, 0.15) is 5.75 Å². The third kappa shape index (κ3) is 5.49. The lowest BCUT2D eigenvalue weighted by Crippen LogP contribution is -2.09. The van der Waals surface area contributed by atoms with Gasteiger partial charge in [-0.2, -0.15) is 5.10 Å². The fourth-order valence-corrected chi connectivity index (χ4v) is 3.15. The standard InChI is InChI=1S/C28H24N2O/c1-31-28-20-18-24(19-21-28)13-12-23-14-16-25(17-15-23)22-29-30(26-8-4-2-5-9-26)27-10-6-3-7-11-27/h2-22H,1H3. The number of hydrazone groups is 1. The SMILES string of the molecule is COc1ccc(C=Cc2ccc(C=NN(c3ccccc3)c3ccccc3)cc2)cc1. The molecule has 0 aliphatic carbocycles. The van der Waals surface area contributed by atoms with Crippen LogP contribution >= 0.6 is 0 Å². The van der Waals surface area contributed by atoms with Crippen molar-refractivity contribution in [1.29, 1.82) is 0 Å². The van der Waals surface area contributed by atoms with Gasteiger partial charge < -0.3 is 4.74 Å². The molecule has 152 valence electrons. The summed E-state index contributed by atoms with van der Waals surface area (Å²) in [7, 11) is 1.68. The van der Waals surface area contributed by atoms with Gasteiger partial charge in [-0.25, -0.2) is 5.01 Å². The minimum Gasteiger partial charge on any atom is -0.497 e. The molecule has 4 aromatic rings. The number of nitrogens with zero attached hydrogens (tertiary/aromatic N) is 2. The van der Waals surface area contributed by atoms with Crippen LogP contribution in [0.15, 0.2) is 114 Å². The molecular formula is C28H24N2O. The predicted molar refractivity (Wildman–Crippen MR) is 131 cm³/mol. The van der Waals surface area contributed by atoms with Crippen LogP contribution in [-0.2, 0) is 0 Å². The van der Waals surface area contributed by atoms with Crippen molar-refractivity contribution in [3.63, 3.8) is 0 Å². The van der Waals surface area contributed by atoms with Gasteiger partial charge >= 0.3 is 0 Å². The Morgan fingerprint density at radius 1 is 0.581 bits per heavy atom. The Morgan fingerprint density at radius 2 is 1.03 bits per heavy atom. The van der Waals surface area contributed by atoms with Crippen molar-refractivity contribution < 1.29 is 4.74 Å². The summed E-state index contributed by atoms with van der Waals surface area (Å²) in [6.07, 6.45) is 6.08. The van der Waals surface area contributed by atoms with Crippen LogP contribution in [0.3, 0.4) is 0 Å². The summed E-state index contributed by atoms with van der Waals surface area (Å²) in [5.74, 6) is 0.862. The lowest BCUT2D eigenvalue weighted by atomic mass is 10.1. The zero-order valence-electron chi connectivity index (χ0n) is 17.4. The van der Waals surface area contributed by atoms with Crippen molar-refractivity contribution in [3.8, 4) is 5.75 Å². The molecule has 4 aromatic carbocycles. The molecule has 0 atom stereocenters. The highest BCUT2D eigenvalue weighted by Gasteiger charge is 2.06. The van der Waals surface area contributed by atoms with Gasteiger partial charge in [-0.15, -0.1) is 0 Å². The normalized spacial score (nSPS) is 11.1. The summed E-state index contributed by atoms with van der Waals surface area (Å²) in [4.78, 5) is 0. The number of ether oxygens (including phenoxy) is 1. The van der Waals surface area contributed by atoms with Gasteiger partial charge in [0.2, 0.25) is 0 Å². The molecule has 31 heavy (non-hydrogen) atoms. The smallest absolute Gasteiger partial charge is 0.118 e. The second-order valence-corrected chi connectivity index (χ2v) is 7.00. The number of hydrogen-bond acceptors (Lipinski definition) is 3. The van der Waals surface area contributed by atoms with E-state index in [1.807, 2.05) is 71.9 Å². The summed E-state index contributed by atoms with van der Waals surface area (Å²) in [6.45, 7) is 0. The topological polar surface area (TPSA) is 24.8 Å². The van der Waals surface area contributed by atoms with Crippen LogP contribution in [-0.4, -0.2) is 13.3 Å². The minimum atomic E-state index is 0.862. The molecule has 0 bridgehead atoms. The van der Waals surface area contributed by atoms with E-state index in [2.05, 4.69) is 60.7 Å². The molecule has 0 spiro atoms. The number of methoxy groups -OCH3 is 1. The molecule has 0 unspecified atom stereocenters. The van der Waals surface area contributed by atoms with Crippen LogP contribution in [0.25, 0.3) is 12.2 Å². The molecule has 0 amide bonds. The largest absolute Gasteiger partial charge is 0.497 e. The summed E-state index contributed by atoms with van der Waals surface area (Å²) < 4.78 is 5.20. The zero-order chi connectivity index (χ0) is 21.3. The quantitative estimate of drug-likeness (QED) is 0.187. The van der Waals surface area contributed by atoms with Gasteiger partial charge in [0, 0.05) is 0 Å². The Morgan fingerprint density at radius 3 is 1.52 bits per heavy atom. The van der Waals surface area contributed by atoms with Crippen LogP contribution in [0.4, 0.5) is 11.4 Å². The Labute approximate surface area is 183 Å². The molecule has 0 aliphatic heterocycles. The number of hydrogen-bond donors (Lipinski definition) is 0. The van der Waals surface area contributed by atoms with E-state index in [-0.39, 0.29) is 0 Å². The van der Waals surface area contributed by atoms with Crippen molar-refractivity contribution in [1.82, 2.24) is 0 Å². The van der Waals surface area contributed by atoms with Crippen molar-refractivity contribution in [3.05, 3.63) is 126 Å². The Bertz CT molecular complexity index is 1090. The third-order valence-electron chi connectivity index (χ3n) is 4.84. The van der Waals surface area contributed by atoms with Crippen molar-refractivity contribution in [2.75, 3.05) is 12.1 Å². The first-order valence-corrected chi connectivity index (χ1v) is 10.2. The van der Waals surface area contributed by atoms with Gasteiger partial charge in [0.05, 0.1) is 24.7 Å². The number of rotatable bonds is 7. The first-order valence-electron chi connectivity index (χ1n) is 10.2. The van der Waals surface area contributed by atoms with Crippen molar-refractivity contribution >= 4 is 29.7 Å². The van der Waals surface area contributed by atoms with Crippen molar-refractivity contribution in [2.45, 2.75) is 0 Å². The lowest BCUT2D eigenvalue weighted by Gasteiger charge is -2.19. The lowest BCUT2D eigenvalue weighted by molar-refractivity contribution is 0.415. The van der Waals surface area contributed by atoms with Gasteiger partial charge in [-0.3, -0.25) is 0 Å². The van der Waals surface area contributed by atoms with E-state index in [1.165, 1.54) is 0 Å². The van der Waals surface area contributed by atoms with E-state index in [4.69, 9.17) is 9.84 Å². The summed E-state index contributed by atoms with van der Waals surface area (Å²) in [6, 6.07) is 36.6. The summed E-state index contributed by atoms with van der Waals surface area (Å²) >= 11 is 0. The molecule has 0 fully saturated rings. The zero-order valence-corrected chi connectivity index (χ0v) is 17.4. The van der Waals surface area contributed by atoms with E-state index in [9.17, 15) is 0 Å². The van der Waals surface area contributed by atoms with Crippen LogP contribution in [0.2, 0.25) is 0 Å². The second-order valence-electron chi connectivity index (χ2n) is 7.00. The molecule has 0 saturated heterocycles. The van der Waals surface area contributed by atoms with Crippen LogP contribution in [0.1, 0.15) is 16.7 Å². The maximum atomic E-state index is 5.20. The number of para-hydroxylation sites is 2. The molecule has 0 radical (unpaired) electrons. The fourth-order valence-electron chi connectivity index (χ4n) is 3.15. The van der Waals surface area contributed by atoms with Gasteiger partial charge in [0.25, 0.3) is 0 Å². The molecular weight excluding hydrogens is 380 g/mol. The van der Waals surface area contributed by atoms with Gasteiger partial charge in [0.15, 0.2) is 0 Å². The van der Waals surface area contributed by atoms with E-state index in [0.717, 1.165) is 33.8 Å². The monoisotopic (exact) mass is 404 g/mol. The highest BCUT2D eigenvalue weighted by atomic mass is 16.5. The average Bonchev–Trinajstić information content (AvgIpc) is 2.85. The molecule has 4 rings (SSSR count). The van der Waals surface area contributed by atoms with E-state index in [1.54, 1.807) is 7.11 Å². The van der Waals surface area contributed by atoms with E-state index in [0.29, 0.717) is 0 Å².